The van der Waals surface area contributed by atoms with Gasteiger partial charge in [-0.3, -0.25) is 9.13 Å². The molecule has 194 valence electrons. The van der Waals surface area contributed by atoms with E-state index in [4.69, 9.17) is 9.72 Å². The maximum Gasteiger partial charge on any atom is 0.251 e. The standard InChI is InChI=1S/C20H23IN5O2PS.C4H6F2/c1-12-23-19-15(10-18(22-11-27)25-20(19)26(12)29-21)24-14-7-6-13(9-17(14)30-2)16-5-3-4-8-28-16;1-3-2-4(3,5)6/h6-7,9-11,16,29H,3-5,8H2,1-2H3,(H2,22,24,25,27);3H,2H2,1H3. The highest BCUT2D eigenvalue weighted by atomic mass is 127. The van der Waals surface area contributed by atoms with Crippen molar-refractivity contribution in [3.63, 3.8) is 0 Å². The topological polar surface area (TPSA) is 81.1 Å². The molecule has 2 aliphatic rings. The average molecular weight is 647 g/mol. The SMILES string of the molecule is CC1CC1(F)F.CSc1cc(C2CCCCO2)ccc1Nc1cc(NC=O)nc2c1nc(C)n2PI. The fourth-order valence-corrected chi connectivity index (χ4v) is 6.73. The van der Waals surface area contributed by atoms with Crippen LogP contribution in [0.1, 0.15) is 50.1 Å². The van der Waals surface area contributed by atoms with E-state index < -0.39 is 5.92 Å². The monoisotopic (exact) mass is 647 g/mol. The number of fused-ring (bicyclic) bond motifs is 1. The summed E-state index contributed by atoms with van der Waals surface area (Å²) in [5.41, 5.74) is 4.58. The van der Waals surface area contributed by atoms with Crippen molar-refractivity contribution in [2.24, 2.45) is 5.92 Å². The number of thioether (sulfide) groups is 1. The molecule has 3 heterocycles. The molecule has 7 nitrogen and oxygen atoms in total. The zero-order valence-corrected chi connectivity index (χ0v) is 24.3. The number of benzene rings is 1. The van der Waals surface area contributed by atoms with Crippen LogP contribution in [0.4, 0.5) is 26.0 Å². The van der Waals surface area contributed by atoms with Crippen molar-refractivity contribution in [2.45, 2.75) is 56.5 Å². The van der Waals surface area contributed by atoms with Crippen molar-refractivity contribution in [2.75, 3.05) is 23.5 Å². The number of amides is 1. The lowest BCUT2D eigenvalue weighted by Crippen LogP contribution is -2.11. The second kappa shape index (κ2) is 11.9. The van der Waals surface area contributed by atoms with E-state index in [1.165, 1.54) is 12.0 Å². The lowest BCUT2D eigenvalue weighted by Gasteiger charge is -2.24. The summed E-state index contributed by atoms with van der Waals surface area (Å²) in [6.45, 7) is 4.36. The summed E-state index contributed by atoms with van der Waals surface area (Å²) in [5.74, 6) is -1.24. The zero-order chi connectivity index (χ0) is 25.9. The van der Waals surface area contributed by atoms with E-state index in [1.54, 1.807) is 18.7 Å². The molecule has 0 bridgehead atoms. The molecule has 1 aliphatic heterocycles. The number of aromatic nitrogens is 3. The number of pyridine rings is 1. The van der Waals surface area contributed by atoms with Crippen molar-refractivity contribution in [1.82, 2.24) is 14.3 Å². The van der Waals surface area contributed by atoms with E-state index in [9.17, 15) is 13.6 Å². The van der Waals surface area contributed by atoms with Gasteiger partial charge in [0.25, 0.3) is 5.92 Å². The maximum atomic E-state index is 11.5. The molecule has 1 saturated carbocycles. The van der Waals surface area contributed by atoms with Gasteiger partial charge in [0, 0.05) is 29.9 Å². The molecule has 36 heavy (non-hydrogen) atoms. The molecule has 3 aromatic rings. The second-order valence-corrected chi connectivity index (χ2v) is 11.8. The molecule has 1 aliphatic carbocycles. The summed E-state index contributed by atoms with van der Waals surface area (Å²) in [6.07, 6.45) is 6.89. The fraction of sp³-hybridized carbons (Fsp3) is 0.458. The van der Waals surface area contributed by atoms with Crippen molar-refractivity contribution >= 4 is 74.9 Å². The summed E-state index contributed by atoms with van der Waals surface area (Å²) in [5, 5.41) is 6.20. The third kappa shape index (κ3) is 6.28. The van der Waals surface area contributed by atoms with Crippen LogP contribution in [-0.4, -0.2) is 39.5 Å². The van der Waals surface area contributed by atoms with Gasteiger partial charge in [0.2, 0.25) is 6.41 Å². The predicted molar refractivity (Wildman–Crippen MR) is 152 cm³/mol. The molecular formula is C24H29F2IN5O2PS. The molecule has 3 atom stereocenters. The van der Waals surface area contributed by atoms with Crippen molar-refractivity contribution in [3.8, 4) is 0 Å². The van der Waals surface area contributed by atoms with Crippen molar-refractivity contribution in [3.05, 3.63) is 35.7 Å². The number of hydrogen-bond donors (Lipinski definition) is 2. The van der Waals surface area contributed by atoms with Crippen LogP contribution in [0.2, 0.25) is 0 Å². The van der Waals surface area contributed by atoms with Gasteiger partial charge in [-0.2, -0.15) is 0 Å². The molecule has 5 rings (SSSR count). The highest BCUT2D eigenvalue weighted by molar-refractivity contribution is 14.2. The van der Waals surface area contributed by atoms with Gasteiger partial charge in [0.05, 0.1) is 23.9 Å². The Bertz CT molecular complexity index is 1240. The van der Waals surface area contributed by atoms with Gasteiger partial charge in [-0.05, 0) is 72.2 Å². The van der Waals surface area contributed by atoms with E-state index >= 15 is 0 Å². The molecule has 2 fully saturated rings. The van der Waals surface area contributed by atoms with Crippen molar-refractivity contribution < 1.29 is 18.3 Å². The smallest absolute Gasteiger partial charge is 0.251 e. The Morgan fingerprint density at radius 3 is 2.61 bits per heavy atom. The van der Waals surface area contributed by atoms with Gasteiger partial charge >= 0.3 is 0 Å². The highest BCUT2D eigenvalue weighted by Crippen LogP contribution is 2.47. The number of hydrogen-bond acceptors (Lipinski definition) is 6. The number of nitrogens with zero attached hydrogens (tertiary/aromatic N) is 3. The van der Waals surface area contributed by atoms with E-state index in [2.05, 4.69) is 66.5 Å². The van der Waals surface area contributed by atoms with Gasteiger partial charge < -0.3 is 15.4 Å². The van der Waals surface area contributed by atoms with E-state index in [0.29, 0.717) is 18.6 Å². The normalized spacial score (nSPS) is 20.7. The Labute approximate surface area is 228 Å². The lowest BCUT2D eigenvalue weighted by atomic mass is 10.0. The van der Waals surface area contributed by atoms with Gasteiger partial charge in [-0.15, -0.1) is 11.8 Å². The first kappa shape index (κ1) is 27.5. The molecule has 1 amide bonds. The summed E-state index contributed by atoms with van der Waals surface area (Å²) in [4.78, 5) is 21.5. The summed E-state index contributed by atoms with van der Waals surface area (Å²) >= 11 is 4.01. The quantitative estimate of drug-likeness (QED) is 0.120. The first-order valence-corrected chi connectivity index (χ1v) is 17.0. The second-order valence-electron chi connectivity index (χ2n) is 8.87. The predicted octanol–water partition coefficient (Wildman–Crippen LogP) is 7.47. The Balaban J connectivity index is 0.000000445. The third-order valence-electron chi connectivity index (χ3n) is 6.26. The Kier molecular flexibility index (Phi) is 9.06. The lowest BCUT2D eigenvalue weighted by molar-refractivity contribution is -0.105. The molecule has 1 aromatic carbocycles. The largest absolute Gasteiger partial charge is 0.374 e. The number of anilines is 3. The number of aryl methyl sites for hydroxylation is 1. The number of halogens is 3. The molecule has 12 heteroatoms. The summed E-state index contributed by atoms with van der Waals surface area (Å²) < 4.78 is 31.1. The van der Waals surface area contributed by atoms with Crippen LogP contribution in [-0.2, 0) is 9.53 Å². The van der Waals surface area contributed by atoms with Crippen LogP contribution in [0.5, 0.6) is 0 Å². The van der Waals surface area contributed by atoms with Gasteiger partial charge in [-0.25, -0.2) is 18.7 Å². The Morgan fingerprint density at radius 2 is 2.03 bits per heavy atom. The van der Waals surface area contributed by atoms with Crippen LogP contribution < -0.4 is 10.6 Å². The van der Waals surface area contributed by atoms with Gasteiger partial charge in [0.15, 0.2) is 5.65 Å². The molecule has 3 unspecified atom stereocenters. The maximum absolute atomic E-state index is 11.5. The third-order valence-corrected chi connectivity index (χ3v) is 9.19. The van der Waals surface area contributed by atoms with Crippen LogP contribution >= 0.6 is 40.2 Å². The number of carbonyl (C=O) groups excluding carboxylic acids is 1. The molecule has 0 radical (unpaired) electrons. The molecule has 2 N–H and O–H groups in total. The first-order valence-electron chi connectivity index (χ1n) is 11.7. The average Bonchev–Trinajstić information content (AvgIpc) is 3.28. The van der Waals surface area contributed by atoms with Gasteiger partial charge in [-0.1, -0.05) is 13.0 Å². The minimum atomic E-state index is -2.29. The molecular weight excluding hydrogens is 618 g/mol. The number of nitrogens with one attached hydrogen (secondary N) is 2. The van der Waals surface area contributed by atoms with Crippen molar-refractivity contribution in [1.29, 1.82) is 0 Å². The van der Waals surface area contributed by atoms with Crippen LogP contribution in [0.15, 0.2) is 29.2 Å². The molecule has 0 spiro atoms. The number of alkyl halides is 2. The Morgan fingerprint density at radius 1 is 1.28 bits per heavy atom. The van der Waals surface area contributed by atoms with E-state index in [1.807, 2.05) is 13.0 Å². The summed E-state index contributed by atoms with van der Waals surface area (Å²) in [6, 6.07) is 8.27. The van der Waals surface area contributed by atoms with E-state index in [0.717, 1.165) is 52.7 Å². The van der Waals surface area contributed by atoms with E-state index in [-0.39, 0.29) is 18.4 Å². The van der Waals surface area contributed by atoms with Gasteiger partial charge in [0.1, 0.15) is 17.2 Å². The minimum absolute atomic E-state index is 0.104. The fourth-order valence-electron chi connectivity index (χ4n) is 4.00. The number of rotatable bonds is 7. The molecule has 1 saturated heterocycles. The minimum Gasteiger partial charge on any atom is -0.374 e. The first-order chi connectivity index (χ1) is 17.3. The highest BCUT2D eigenvalue weighted by Gasteiger charge is 2.53. The molecule has 2 aromatic heterocycles. The van der Waals surface area contributed by atoms with Crippen LogP contribution in [0, 0.1) is 12.8 Å². The van der Waals surface area contributed by atoms with Crippen LogP contribution in [0.3, 0.4) is 0 Å². The number of imidazole rings is 1. The van der Waals surface area contributed by atoms with Crippen LogP contribution in [0.25, 0.3) is 11.2 Å². The zero-order valence-electron chi connectivity index (χ0n) is 20.3. The Hall–Kier alpha value is -1.56. The number of ether oxygens (including phenoxy) is 1. The summed E-state index contributed by atoms with van der Waals surface area (Å²) in [7, 11) is 0. The number of carbonyl (C=O) groups is 1.